The van der Waals surface area contributed by atoms with Crippen LogP contribution in [0.3, 0.4) is 0 Å². The summed E-state index contributed by atoms with van der Waals surface area (Å²) in [7, 11) is -4.00. The maximum Gasteiger partial charge on any atom is 0.281 e. The maximum atomic E-state index is 12.5. The molecule has 0 aliphatic rings. The van der Waals surface area contributed by atoms with Crippen molar-refractivity contribution in [2.75, 3.05) is 0 Å². The fourth-order valence-corrected chi connectivity index (χ4v) is 3.69. The minimum absolute atomic E-state index is 0.134. The van der Waals surface area contributed by atoms with E-state index in [4.69, 9.17) is 5.14 Å². The fourth-order valence-electron chi connectivity index (χ4n) is 0.846. The van der Waals surface area contributed by atoms with E-state index in [2.05, 4.69) is 4.98 Å². The summed E-state index contributed by atoms with van der Waals surface area (Å²) in [6, 6.07) is 1.16. The predicted octanol–water partition coefficient (Wildman–Crippen LogP) is 1.88. The van der Waals surface area contributed by atoms with E-state index in [1.165, 1.54) is 22.6 Å². The third kappa shape index (κ3) is 3.17. The van der Waals surface area contributed by atoms with Crippen LogP contribution >= 0.6 is 45.2 Å². The van der Waals surface area contributed by atoms with Crippen LogP contribution in [0.25, 0.3) is 0 Å². The minimum Gasteiger partial charge on any atom is -0.240 e. The van der Waals surface area contributed by atoms with Gasteiger partial charge in [0.05, 0.1) is 8.47 Å². The summed E-state index contributed by atoms with van der Waals surface area (Å²) in [5.74, 6) is 0. The fraction of sp³-hybridized carbons (Fsp3) is 0.167. The smallest absolute Gasteiger partial charge is 0.240 e. The van der Waals surface area contributed by atoms with E-state index < -0.39 is 22.1 Å². The van der Waals surface area contributed by atoms with Crippen molar-refractivity contribution in [3.8, 4) is 0 Å². The molecule has 2 N–H and O–H groups in total. The molecule has 0 spiro atoms. The van der Waals surface area contributed by atoms with Crippen molar-refractivity contribution < 1.29 is 17.2 Å². The van der Waals surface area contributed by atoms with Crippen LogP contribution in [0.15, 0.2) is 11.0 Å². The van der Waals surface area contributed by atoms with Gasteiger partial charge in [0.1, 0.15) is 9.39 Å². The lowest BCUT2D eigenvalue weighted by atomic mass is 10.4. The van der Waals surface area contributed by atoms with Crippen LogP contribution in [-0.4, -0.2) is 13.4 Å². The first-order chi connectivity index (χ1) is 6.73. The molecule has 0 radical (unpaired) electrons. The molecule has 9 heteroatoms. The van der Waals surface area contributed by atoms with Crippen LogP contribution in [-0.2, 0) is 10.0 Å². The number of aromatic nitrogens is 1. The monoisotopic (exact) mass is 460 g/mol. The molecule has 1 aromatic rings. The molecule has 0 aliphatic carbocycles. The SMILES string of the molecule is NS(=O)(=O)c1cc(I)nc(C(F)F)c1I. The normalized spacial score (nSPS) is 12.1. The molecular weight excluding hydrogens is 456 g/mol. The van der Waals surface area contributed by atoms with Gasteiger partial charge in [-0.3, -0.25) is 0 Å². The second-order valence-corrected chi connectivity index (χ2v) is 6.20. The highest BCUT2D eigenvalue weighted by atomic mass is 127. The number of nitrogens with two attached hydrogens (primary N) is 1. The van der Waals surface area contributed by atoms with E-state index in [1.807, 2.05) is 0 Å². The van der Waals surface area contributed by atoms with E-state index in [1.54, 1.807) is 22.6 Å². The van der Waals surface area contributed by atoms with Gasteiger partial charge in [0.15, 0.2) is 0 Å². The lowest BCUT2D eigenvalue weighted by molar-refractivity contribution is 0.144. The van der Waals surface area contributed by atoms with E-state index in [-0.39, 0.29) is 12.2 Å². The molecule has 0 saturated heterocycles. The number of nitrogens with zero attached hydrogens (tertiary/aromatic N) is 1. The number of rotatable bonds is 2. The van der Waals surface area contributed by atoms with Crippen molar-refractivity contribution in [3.63, 3.8) is 0 Å². The number of sulfonamides is 1. The van der Waals surface area contributed by atoms with Gasteiger partial charge in [-0.2, -0.15) is 0 Å². The van der Waals surface area contributed by atoms with Gasteiger partial charge in [0.2, 0.25) is 10.0 Å². The first kappa shape index (κ1) is 13.4. The van der Waals surface area contributed by atoms with Gasteiger partial charge in [0.25, 0.3) is 6.43 Å². The van der Waals surface area contributed by atoms with Gasteiger partial charge < -0.3 is 0 Å². The zero-order valence-electron chi connectivity index (χ0n) is 6.92. The molecule has 0 aromatic carbocycles. The van der Waals surface area contributed by atoms with Crippen molar-refractivity contribution in [1.29, 1.82) is 0 Å². The van der Waals surface area contributed by atoms with Gasteiger partial charge in [-0.15, -0.1) is 0 Å². The Labute approximate surface area is 112 Å². The average Bonchev–Trinajstić information content (AvgIpc) is 2.06. The highest BCUT2D eigenvalue weighted by Crippen LogP contribution is 2.28. The Kier molecular flexibility index (Phi) is 4.22. The number of hydrogen-bond donors (Lipinski definition) is 1. The van der Waals surface area contributed by atoms with Crippen molar-refractivity contribution in [3.05, 3.63) is 19.0 Å². The molecule has 0 atom stereocenters. The Morgan fingerprint density at radius 3 is 2.33 bits per heavy atom. The molecule has 1 aromatic heterocycles. The molecule has 0 amide bonds. The molecule has 0 aliphatic heterocycles. The number of pyridine rings is 1. The van der Waals surface area contributed by atoms with Gasteiger partial charge in [-0.1, -0.05) is 0 Å². The van der Waals surface area contributed by atoms with Gasteiger partial charge >= 0.3 is 0 Å². The van der Waals surface area contributed by atoms with E-state index in [9.17, 15) is 17.2 Å². The third-order valence-electron chi connectivity index (χ3n) is 1.43. The quantitative estimate of drug-likeness (QED) is 0.542. The molecule has 4 nitrogen and oxygen atoms in total. The number of hydrogen-bond acceptors (Lipinski definition) is 3. The summed E-state index contributed by atoms with van der Waals surface area (Å²) in [6.07, 6.45) is -2.83. The van der Waals surface area contributed by atoms with Crippen LogP contribution in [0.4, 0.5) is 8.78 Å². The standard InChI is InChI=1S/C6H4F2I2N2O2S/c7-6(8)5-4(10)2(15(11,13)14)1-3(9)12-5/h1,6H,(H2,11,13,14). The summed E-state index contributed by atoms with van der Waals surface area (Å²) in [5.41, 5.74) is -0.563. The topological polar surface area (TPSA) is 73.1 Å². The summed E-state index contributed by atoms with van der Waals surface area (Å²) in [4.78, 5) is 3.23. The van der Waals surface area contributed by atoms with Crippen molar-refractivity contribution in [2.45, 2.75) is 11.3 Å². The van der Waals surface area contributed by atoms with Crippen LogP contribution in [0.5, 0.6) is 0 Å². The lowest BCUT2D eigenvalue weighted by Crippen LogP contribution is -2.16. The van der Waals surface area contributed by atoms with E-state index >= 15 is 0 Å². The average molecular weight is 460 g/mol. The highest BCUT2D eigenvalue weighted by Gasteiger charge is 2.22. The van der Waals surface area contributed by atoms with Gasteiger partial charge in [-0.05, 0) is 51.2 Å². The molecule has 1 rings (SSSR count). The zero-order valence-corrected chi connectivity index (χ0v) is 12.0. The molecule has 0 fully saturated rings. The Morgan fingerprint density at radius 1 is 1.40 bits per heavy atom. The summed E-state index contributed by atoms with van der Waals surface area (Å²) in [5, 5.41) is 4.89. The number of halogens is 4. The van der Waals surface area contributed by atoms with Gasteiger partial charge in [-0.25, -0.2) is 27.3 Å². The zero-order chi connectivity index (χ0) is 11.8. The second-order valence-electron chi connectivity index (χ2n) is 2.49. The van der Waals surface area contributed by atoms with Crippen LogP contribution in [0, 0.1) is 7.27 Å². The second kappa shape index (κ2) is 4.71. The molecule has 1 heterocycles. The Balaban J connectivity index is 3.56. The van der Waals surface area contributed by atoms with Crippen LogP contribution in [0.1, 0.15) is 12.1 Å². The maximum absolute atomic E-state index is 12.5. The Bertz CT molecular complexity index is 492. The molecule has 0 unspecified atom stereocenters. The van der Waals surface area contributed by atoms with Crippen LogP contribution < -0.4 is 5.14 Å². The highest BCUT2D eigenvalue weighted by molar-refractivity contribution is 14.1. The van der Waals surface area contributed by atoms with Crippen molar-refractivity contribution in [2.24, 2.45) is 5.14 Å². The molecule has 15 heavy (non-hydrogen) atoms. The Morgan fingerprint density at radius 2 is 1.93 bits per heavy atom. The molecule has 0 saturated carbocycles. The Hall–Kier alpha value is 0.380. The summed E-state index contributed by atoms with van der Waals surface area (Å²) in [6.45, 7) is 0. The third-order valence-corrected chi connectivity index (χ3v) is 4.42. The van der Waals surface area contributed by atoms with E-state index in [0.717, 1.165) is 6.07 Å². The van der Waals surface area contributed by atoms with Gasteiger partial charge in [0, 0.05) is 0 Å². The largest absolute Gasteiger partial charge is 0.281 e. The number of primary sulfonamides is 1. The molecule has 84 valence electrons. The summed E-state index contributed by atoms with van der Waals surface area (Å²) >= 11 is 3.15. The van der Waals surface area contributed by atoms with Crippen molar-refractivity contribution >= 4 is 55.2 Å². The summed E-state index contributed by atoms with van der Waals surface area (Å²) < 4.78 is 47.1. The van der Waals surface area contributed by atoms with E-state index in [0.29, 0.717) is 0 Å². The minimum atomic E-state index is -4.00. The number of alkyl halides is 2. The lowest BCUT2D eigenvalue weighted by Gasteiger charge is -2.07. The predicted molar refractivity (Wildman–Crippen MR) is 66.0 cm³/mol. The van der Waals surface area contributed by atoms with Crippen LogP contribution in [0.2, 0.25) is 0 Å². The molecular formula is C6H4F2I2N2O2S. The first-order valence-electron chi connectivity index (χ1n) is 3.40. The molecule has 0 bridgehead atoms. The first-order valence-corrected chi connectivity index (χ1v) is 7.10. The van der Waals surface area contributed by atoms with Crippen molar-refractivity contribution in [1.82, 2.24) is 4.98 Å².